The summed E-state index contributed by atoms with van der Waals surface area (Å²) in [5.74, 6) is -0.611. The third-order valence-electron chi connectivity index (χ3n) is 8.34. The molecule has 0 fully saturated rings. The number of hydrogen-bond acceptors (Lipinski definition) is 14. The normalized spacial score (nSPS) is 12.9. The molecule has 15 heteroatoms. The lowest BCUT2D eigenvalue weighted by atomic mass is 10.1. The minimum atomic E-state index is -0.305. The van der Waals surface area contributed by atoms with Gasteiger partial charge in [-0.05, 0) is 6.42 Å². The van der Waals surface area contributed by atoms with E-state index in [1.54, 1.807) is 0 Å². The van der Waals surface area contributed by atoms with E-state index in [0.717, 1.165) is 17.9 Å². The first-order chi connectivity index (χ1) is 27.8. The van der Waals surface area contributed by atoms with Gasteiger partial charge in [-0.1, -0.05) is 71.1 Å². The van der Waals surface area contributed by atoms with Crippen molar-refractivity contribution in [3.05, 3.63) is 12.2 Å². The molecule has 15 nitrogen and oxygen atoms in total. The van der Waals surface area contributed by atoms with Gasteiger partial charge in [0.1, 0.15) is 0 Å². The van der Waals surface area contributed by atoms with E-state index >= 15 is 0 Å². The SMILES string of the molecule is CCCCCCCCCCCCCOCCOCCOCCOCCOCCOCCOCCOCCOCCOCCOCCOCCN1C(=O)C=CC1=O. The van der Waals surface area contributed by atoms with Crippen molar-refractivity contribution in [2.24, 2.45) is 0 Å². The van der Waals surface area contributed by atoms with Crippen molar-refractivity contribution < 1.29 is 66.4 Å². The summed E-state index contributed by atoms with van der Waals surface area (Å²) in [6, 6.07) is 0. The van der Waals surface area contributed by atoms with Gasteiger partial charge < -0.3 is 56.8 Å². The fourth-order valence-electron chi connectivity index (χ4n) is 5.20. The van der Waals surface area contributed by atoms with E-state index in [-0.39, 0.29) is 25.0 Å². The summed E-state index contributed by atoms with van der Waals surface area (Å²) in [5.41, 5.74) is 0. The van der Waals surface area contributed by atoms with E-state index in [1.807, 2.05) is 0 Å². The molecule has 0 radical (unpaired) electrons. The molecule has 0 saturated carbocycles. The van der Waals surface area contributed by atoms with Gasteiger partial charge in [0.2, 0.25) is 0 Å². The predicted molar refractivity (Wildman–Crippen MR) is 212 cm³/mol. The fourth-order valence-corrected chi connectivity index (χ4v) is 5.20. The Morgan fingerprint density at radius 1 is 0.304 bits per heavy atom. The molecule has 330 valence electrons. The first-order valence-electron chi connectivity index (χ1n) is 21.2. The zero-order valence-electron chi connectivity index (χ0n) is 34.8. The summed E-state index contributed by atoms with van der Waals surface area (Å²) in [6.45, 7) is 14.6. The van der Waals surface area contributed by atoms with E-state index in [2.05, 4.69) is 6.92 Å². The highest BCUT2D eigenvalue weighted by Crippen LogP contribution is 2.11. The van der Waals surface area contributed by atoms with Crippen LogP contribution >= 0.6 is 0 Å². The van der Waals surface area contributed by atoms with E-state index in [0.29, 0.717) is 145 Å². The molecule has 0 spiro atoms. The maximum absolute atomic E-state index is 11.4. The average molecular weight is 808 g/mol. The molecule has 1 aliphatic heterocycles. The van der Waals surface area contributed by atoms with Gasteiger partial charge in [0.05, 0.1) is 159 Å². The largest absolute Gasteiger partial charge is 0.379 e. The van der Waals surface area contributed by atoms with Crippen molar-refractivity contribution in [1.82, 2.24) is 4.90 Å². The van der Waals surface area contributed by atoms with Gasteiger partial charge in [-0.25, -0.2) is 0 Å². The first-order valence-corrected chi connectivity index (χ1v) is 21.2. The summed E-state index contributed by atoms with van der Waals surface area (Å²) in [4.78, 5) is 24.0. The van der Waals surface area contributed by atoms with Gasteiger partial charge >= 0.3 is 0 Å². The van der Waals surface area contributed by atoms with Crippen molar-refractivity contribution in [1.29, 1.82) is 0 Å². The van der Waals surface area contributed by atoms with Crippen LogP contribution in [0, 0.1) is 0 Å². The van der Waals surface area contributed by atoms with Crippen molar-refractivity contribution in [2.45, 2.75) is 77.6 Å². The zero-order chi connectivity index (χ0) is 40.1. The Labute approximate surface area is 337 Å². The Hall–Kier alpha value is -1.60. The molecule has 1 rings (SSSR count). The third kappa shape index (κ3) is 37.9. The van der Waals surface area contributed by atoms with Crippen molar-refractivity contribution in [3.8, 4) is 0 Å². The van der Waals surface area contributed by atoms with Crippen LogP contribution in [-0.4, -0.2) is 182 Å². The average Bonchev–Trinajstić information content (AvgIpc) is 3.53. The van der Waals surface area contributed by atoms with E-state index < -0.39 is 0 Å². The molecular weight excluding hydrogens is 730 g/mol. The number of ether oxygens (including phenoxy) is 12. The first kappa shape index (κ1) is 52.4. The molecule has 0 N–H and O–H groups in total. The smallest absolute Gasteiger partial charge is 0.253 e. The molecule has 0 aliphatic carbocycles. The second-order valence-electron chi connectivity index (χ2n) is 13.0. The molecule has 0 aromatic rings. The highest BCUT2D eigenvalue weighted by atomic mass is 16.6. The van der Waals surface area contributed by atoms with Crippen molar-refractivity contribution in [2.75, 3.05) is 165 Å². The maximum atomic E-state index is 11.4. The Kier molecular flexibility index (Phi) is 41.7. The van der Waals surface area contributed by atoms with Crippen LogP contribution in [-0.2, 0) is 66.4 Å². The molecule has 0 atom stereocenters. The van der Waals surface area contributed by atoms with Gasteiger partial charge in [-0.3, -0.25) is 14.5 Å². The van der Waals surface area contributed by atoms with E-state index in [4.69, 9.17) is 56.8 Å². The highest BCUT2D eigenvalue weighted by molar-refractivity contribution is 6.12. The Morgan fingerprint density at radius 3 is 0.786 bits per heavy atom. The van der Waals surface area contributed by atoms with E-state index in [1.165, 1.54) is 76.4 Å². The molecule has 0 saturated heterocycles. The Balaban J connectivity index is 1.60. The molecule has 0 bridgehead atoms. The number of amides is 2. The third-order valence-corrected chi connectivity index (χ3v) is 8.34. The molecule has 56 heavy (non-hydrogen) atoms. The molecule has 0 aromatic carbocycles. The Bertz CT molecular complexity index is 850. The molecule has 2 amide bonds. The lowest BCUT2D eigenvalue weighted by Crippen LogP contribution is -2.33. The van der Waals surface area contributed by atoms with Crippen LogP contribution in [0.3, 0.4) is 0 Å². The van der Waals surface area contributed by atoms with Crippen LogP contribution in [0.15, 0.2) is 12.2 Å². The van der Waals surface area contributed by atoms with Gasteiger partial charge in [-0.15, -0.1) is 0 Å². The van der Waals surface area contributed by atoms with Crippen LogP contribution in [0.1, 0.15) is 77.6 Å². The molecule has 1 aliphatic rings. The number of nitrogens with zero attached hydrogens (tertiary/aromatic N) is 1. The summed E-state index contributed by atoms with van der Waals surface area (Å²) >= 11 is 0. The topological polar surface area (TPSA) is 148 Å². The zero-order valence-corrected chi connectivity index (χ0v) is 34.8. The van der Waals surface area contributed by atoms with Crippen LogP contribution in [0.4, 0.5) is 0 Å². The number of hydrogen-bond donors (Lipinski definition) is 0. The van der Waals surface area contributed by atoms with Crippen LogP contribution in [0.25, 0.3) is 0 Å². The summed E-state index contributed by atoms with van der Waals surface area (Å²) < 4.78 is 66.0. The molecule has 1 heterocycles. The molecule has 0 unspecified atom stereocenters. The minimum absolute atomic E-state index is 0.240. The Morgan fingerprint density at radius 2 is 0.518 bits per heavy atom. The summed E-state index contributed by atoms with van der Waals surface area (Å²) in [5, 5.41) is 0. The van der Waals surface area contributed by atoms with Gasteiger partial charge in [0.25, 0.3) is 11.8 Å². The number of imide groups is 1. The van der Waals surface area contributed by atoms with Gasteiger partial charge in [0.15, 0.2) is 0 Å². The summed E-state index contributed by atoms with van der Waals surface area (Å²) in [6.07, 6.45) is 17.3. The fraction of sp³-hybridized carbons (Fsp3) is 0.902. The minimum Gasteiger partial charge on any atom is -0.379 e. The van der Waals surface area contributed by atoms with Gasteiger partial charge in [-0.2, -0.15) is 0 Å². The maximum Gasteiger partial charge on any atom is 0.253 e. The monoisotopic (exact) mass is 808 g/mol. The molecular formula is C41H77NO14. The lowest BCUT2D eigenvalue weighted by molar-refractivity contribution is -0.137. The lowest BCUT2D eigenvalue weighted by Gasteiger charge is -2.13. The molecule has 0 aromatic heterocycles. The summed E-state index contributed by atoms with van der Waals surface area (Å²) in [7, 11) is 0. The van der Waals surface area contributed by atoms with Crippen LogP contribution in [0.5, 0.6) is 0 Å². The van der Waals surface area contributed by atoms with Crippen LogP contribution in [0.2, 0.25) is 0 Å². The second kappa shape index (κ2) is 44.5. The highest BCUT2D eigenvalue weighted by Gasteiger charge is 2.22. The quantitative estimate of drug-likeness (QED) is 0.0631. The van der Waals surface area contributed by atoms with Crippen molar-refractivity contribution in [3.63, 3.8) is 0 Å². The van der Waals surface area contributed by atoms with E-state index in [9.17, 15) is 9.59 Å². The standard InChI is InChI=1S/C41H77NO14/c1-2-3-4-5-6-7-8-9-10-11-12-16-45-18-20-47-22-24-49-26-28-51-30-32-53-34-36-55-38-39-56-37-35-54-33-31-52-29-27-50-25-23-48-21-19-46-17-15-42-40(43)13-14-41(42)44/h13-14H,2-12,15-39H2,1H3. The number of carbonyl (C=O) groups is 2. The second-order valence-corrected chi connectivity index (χ2v) is 13.0. The number of carbonyl (C=O) groups excluding carboxylic acids is 2. The predicted octanol–water partition coefficient (Wildman–Crippen LogP) is 4.42. The number of rotatable bonds is 48. The van der Waals surface area contributed by atoms with Crippen LogP contribution < -0.4 is 0 Å². The van der Waals surface area contributed by atoms with Crippen molar-refractivity contribution >= 4 is 11.8 Å². The number of unbranched alkanes of at least 4 members (excludes halogenated alkanes) is 10. The van der Waals surface area contributed by atoms with Gasteiger partial charge in [0, 0.05) is 18.8 Å².